The van der Waals surface area contributed by atoms with Gasteiger partial charge in [0.25, 0.3) is 0 Å². The Bertz CT molecular complexity index is 1150. The molecule has 0 amide bonds. The van der Waals surface area contributed by atoms with E-state index in [1.54, 1.807) is 6.20 Å². The van der Waals surface area contributed by atoms with Crippen LogP contribution in [0.1, 0.15) is 37.7 Å². The largest absolute Gasteiger partial charge is 0.451 e. The van der Waals surface area contributed by atoms with Gasteiger partial charge in [-0.05, 0) is 25.7 Å². The van der Waals surface area contributed by atoms with E-state index in [0.717, 1.165) is 69.5 Å². The average molecular weight is 460 g/mol. The second kappa shape index (κ2) is 7.51. The van der Waals surface area contributed by atoms with Crippen LogP contribution in [0.25, 0.3) is 11.0 Å². The van der Waals surface area contributed by atoms with Gasteiger partial charge in [-0.2, -0.15) is 23.3 Å². The summed E-state index contributed by atoms with van der Waals surface area (Å²) in [5, 5.41) is 5.38. The third-order valence-corrected chi connectivity index (χ3v) is 6.78. The molecule has 0 radical (unpaired) electrons. The van der Waals surface area contributed by atoms with Gasteiger partial charge in [-0.25, -0.2) is 19.6 Å². The normalized spacial score (nSPS) is 22.8. The summed E-state index contributed by atoms with van der Waals surface area (Å²) in [6, 6.07) is 0. The van der Waals surface area contributed by atoms with E-state index in [2.05, 4.69) is 25.0 Å². The summed E-state index contributed by atoms with van der Waals surface area (Å²) in [5.41, 5.74) is 1.46. The summed E-state index contributed by atoms with van der Waals surface area (Å²) in [6.07, 6.45) is 5.54. The number of ether oxygens (including phenoxy) is 1. The number of hydrogen-bond acceptors (Lipinski definition) is 8. The van der Waals surface area contributed by atoms with E-state index >= 15 is 0 Å². The fourth-order valence-electron chi connectivity index (χ4n) is 5.05. The molecular weight excluding hydrogens is 437 g/mol. The molecule has 3 saturated heterocycles. The van der Waals surface area contributed by atoms with Gasteiger partial charge in [0.2, 0.25) is 11.8 Å². The van der Waals surface area contributed by atoms with Crippen molar-refractivity contribution in [3.05, 3.63) is 30.6 Å². The topological polar surface area (TPSA) is 85.1 Å². The first kappa shape index (κ1) is 20.6. The molecule has 3 aliphatic heterocycles. The van der Waals surface area contributed by atoms with Crippen molar-refractivity contribution in [1.29, 1.82) is 0 Å². The van der Waals surface area contributed by atoms with Gasteiger partial charge in [0, 0.05) is 44.4 Å². The lowest BCUT2D eigenvalue weighted by molar-refractivity contribution is -0.145. The highest BCUT2D eigenvalue weighted by atomic mass is 19.4. The van der Waals surface area contributed by atoms with Gasteiger partial charge in [0.1, 0.15) is 0 Å². The maximum Gasteiger partial charge on any atom is 0.451 e. The summed E-state index contributed by atoms with van der Waals surface area (Å²) in [7, 11) is 0. The van der Waals surface area contributed by atoms with Gasteiger partial charge in [0.15, 0.2) is 11.9 Å². The molecule has 6 rings (SSSR count). The first-order chi connectivity index (χ1) is 15.9. The maximum atomic E-state index is 12.7. The van der Waals surface area contributed by atoms with Gasteiger partial charge < -0.3 is 14.5 Å². The van der Waals surface area contributed by atoms with Crippen molar-refractivity contribution in [1.82, 2.24) is 29.7 Å². The zero-order chi connectivity index (χ0) is 22.6. The van der Waals surface area contributed by atoms with Crippen LogP contribution in [-0.2, 0) is 10.9 Å². The quantitative estimate of drug-likeness (QED) is 0.590. The second-order valence-corrected chi connectivity index (χ2v) is 9.15. The summed E-state index contributed by atoms with van der Waals surface area (Å²) < 4.78 is 45.8. The lowest BCUT2D eigenvalue weighted by Gasteiger charge is -2.49. The fraction of sp³-hybridized carbons (Fsp3) is 0.571. The molecule has 0 N–H and O–H groups in total. The number of fused-ring (bicyclic) bond motifs is 1. The molecule has 12 heteroatoms. The Morgan fingerprint density at radius 1 is 0.970 bits per heavy atom. The predicted molar refractivity (Wildman–Crippen MR) is 113 cm³/mol. The molecule has 3 aromatic heterocycles. The van der Waals surface area contributed by atoms with Crippen LogP contribution >= 0.6 is 0 Å². The third-order valence-electron chi connectivity index (χ3n) is 6.78. The van der Waals surface area contributed by atoms with Crippen LogP contribution in [-0.4, -0.2) is 62.5 Å². The molecule has 33 heavy (non-hydrogen) atoms. The van der Waals surface area contributed by atoms with Gasteiger partial charge in [-0.3, -0.25) is 0 Å². The van der Waals surface area contributed by atoms with Crippen LogP contribution in [0.15, 0.2) is 24.8 Å². The SMILES string of the molecule is FC(F)(F)c1ncc(N2CC3(CCN(c4ncc5cnn(C6CCCCO6)c5n4)C3)C2)cn1. The molecule has 3 fully saturated rings. The van der Waals surface area contributed by atoms with E-state index in [-0.39, 0.29) is 11.6 Å². The molecule has 174 valence electrons. The lowest BCUT2D eigenvalue weighted by Crippen LogP contribution is -2.58. The fourth-order valence-corrected chi connectivity index (χ4v) is 5.05. The summed E-state index contributed by atoms with van der Waals surface area (Å²) >= 11 is 0. The summed E-state index contributed by atoms with van der Waals surface area (Å²) in [5.74, 6) is -0.438. The van der Waals surface area contributed by atoms with Gasteiger partial charge in [-0.1, -0.05) is 0 Å². The van der Waals surface area contributed by atoms with Crippen molar-refractivity contribution in [3.63, 3.8) is 0 Å². The van der Waals surface area contributed by atoms with E-state index in [4.69, 9.17) is 9.72 Å². The molecule has 9 nitrogen and oxygen atoms in total. The smallest absolute Gasteiger partial charge is 0.368 e. The molecule has 1 unspecified atom stereocenters. The molecule has 0 saturated carbocycles. The zero-order valence-corrected chi connectivity index (χ0v) is 17.9. The lowest BCUT2D eigenvalue weighted by atomic mass is 9.79. The Morgan fingerprint density at radius 3 is 2.48 bits per heavy atom. The van der Waals surface area contributed by atoms with Crippen molar-refractivity contribution in [2.24, 2.45) is 5.41 Å². The van der Waals surface area contributed by atoms with Crippen LogP contribution in [0.5, 0.6) is 0 Å². The van der Waals surface area contributed by atoms with Crippen LogP contribution in [0.4, 0.5) is 24.8 Å². The highest BCUT2D eigenvalue weighted by Gasteiger charge is 2.48. The van der Waals surface area contributed by atoms with Crippen molar-refractivity contribution < 1.29 is 17.9 Å². The monoisotopic (exact) mass is 460 g/mol. The third kappa shape index (κ3) is 3.65. The minimum absolute atomic E-state index is 0.0632. The molecule has 1 atom stereocenters. The molecule has 1 spiro atoms. The number of hydrogen-bond donors (Lipinski definition) is 0. The van der Waals surface area contributed by atoms with E-state index in [1.807, 2.05) is 15.8 Å². The first-order valence-corrected chi connectivity index (χ1v) is 11.1. The van der Waals surface area contributed by atoms with Crippen LogP contribution in [0, 0.1) is 5.41 Å². The van der Waals surface area contributed by atoms with Crippen molar-refractivity contribution in [2.75, 3.05) is 42.6 Å². The number of anilines is 2. The standard InChI is InChI=1S/C21H23F3N8O/c22-21(23,24)18-25-9-15(10-26-18)31-12-20(13-31)4-5-30(11-20)19-27-7-14-8-28-32(17(14)29-19)16-3-1-2-6-33-16/h7-10,16H,1-6,11-13H2. The molecule has 6 heterocycles. The minimum atomic E-state index is -4.53. The Kier molecular flexibility index (Phi) is 4.68. The van der Waals surface area contributed by atoms with Gasteiger partial charge >= 0.3 is 6.18 Å². The Labute approximate surface area is 187 Å². The van der Waals surface area contributed by atoms with Crippen molar-refractivity contribution in [2.45, 2.75) is 38.1 Å². The number of alkyl halides is 3. The van der Waals surface area contributed by atoms with E-state index in [1.165, 1.54) is 12.4 Å². The number of halogens is 3. The Balaban J connectivity index is 1.15. The van der Waals surface area contributed by atoms with Crippen LogP contribution in [0.2, 0.25) is 0 Å². The molecule has 0 bridgehead atoms. The van der Waals surface area contributed by atoms with Crippen LogP contribution < -0.4 is 9.80 Å². The molecule has 3 aromatic rings. The first-order valence-electron chi connectivity index (χ1n) is 11.1. The zero-order valence-electron chi connectivity index (χ0n) is 17.9. The summed E-state index contributed by atoms with van der Waals surface area (Å²) in [4.78, 5) is 20.5. The maximum absolute atomic E-state index is 12.7. The minimum Gasteiger partial charge on any atom is -0.368 e. The molecule has 0 aromatic carbocycles. The highest BCUT2D eigenvalue weighted by Crippen LogP contribution is 2.42. The average Bonchev–Trinajstić information content (AvgIpc) is 3.43. The Hall–Kier alpha value is -3.02. The molecule has 0 aliphatic carbocycles. The van der Waals surface area contributed by atoms with Crippen LogP contribution in [0.3, 0.4) is 0 Å². The number of aromatic nitrogens is 6. The Morgan fingerprint density at radius 2 is 1.76 bits per heavy atom. The molecular formula is C21H23F3N8O. The highest BCUT2D eigenvalue weighted by molar-refractivity contribution is 5.74. The predicted octanol–water partition coefficient (Wildman–Crippen LogP) is 3.05. The second-order valence-electron chi connectivity index (χ2n) is 9.15. The summed E-state index contributed by atoms with van der Waals surface area (Å²) in [6.45, 7) is 3.85. The number of rotatable bonds is 3. The van der Waals surface area contributed by atoms with E-state index in [0.29, 0.717) is 11.6 Å². The van der Waals surface area contributed by atoms with E-state index < -0.39 is 12.0 Å². The number of nitrogens with zero attached hydrogens (tertiary/aromatic N) is 8. The molecule has 3 aliphatic rings. The van der Waals surface area contributed by atoms with Crippen molar-refractivity contribution in [3.8, 4) is 0 Å². The van der Waals surface area contributed by atoms with Gasteiger partial charge in [0.05, 0.1) is 29.7 Å². The van der Waals surface area contributed by atoms with Crippen molar-refractivity contribution >= 4 is 22.7 Å². The van der Waals surface area contributed by atoms with Gasteiger partial charge in [-0.15, -0.1) is 0 Å². The van der Waals surface area contributed by atoms with E-state index in [9.17, 15) is 13.2 Å².